The first-order valence-electron chi connectivity index (χ1n) is 7.68. The van der Waals surface area contributed by atoms with Crippen LogP contribution in [0.3, 0.4) is 0 Å². The molecule has 0 N–H and O–H groups in total. The number of hydrogen-bond acceptors (Lipinski definition) is 3. The van der Waals surface area contributed by atoms with Gasteiger partial charge in [-0.15, -0.1) is 0 Å². The third kappa shape index (κ3) is 2.92. The van der Waals surface area contributed by atoms with Gasteiger partial charge in [0.15, 0.2) is 5.78 Å². The lowest BCUT2D eigenvalue weighted by atomic mass is 9.93. The van der Waals surface area contributed by atoms with Crippen LogP contribution in [0.15, 0.2) is 34.4 Å². The average molecular weight is 364 g/mol. The molecular formula is C18H15Cl2NO3. The number of carbonyl (C=O) groups is 3. The van der Waals surface area contributed by atoms with Gasteiger partial charge in [-0.1, -0.05) is 23.2 Å². The first-order chi connectivity index (χ1) is 11.4. The molecule has 2 aliphatic rings. The normalized spacial score (nSPS) is 18.3. The van der Waals surface area contributed by atoms with Crippen LogP contribution >= 0.6 is 23.2 Å². The number of Topliss-reactive ketones (excluding diaryl/α,β-unsaturated/α-hetero) is 1. The number of halogens is 2. The number of hydrogen-bond donors (Lipinski definition) is 0. The first kappa shape index (κ1) is 16.9. The third-order valence-electron chi connectivity index (χ3n) is 4.25. The molecule has 1 aliphatic carbocycles. The summed E-state index contributed by atoms with van der Waals surface area (Å²) in [5.41, 5.74) is 2.17. The molecule has 0 spiro atoms. The van der Waals surface area contributed by atoms with Gasteiger partial charge in [0.2, 0.25) is 0 Å². The quantitative estimate of drug-likeness (QED) is 0.595. The van der Waals surface area contributed by atoms with E-state index in [9.17, 15) is 14.4 Å². The highest BCUT2D eigenvalue weighted by Crippen LogP contribution is 2.36. The summed E-state index contributed by atoms with van der Waals surface area (Å²) in [6.45, 7) is 1.35. The van der Waals surface area contributed by atoms with Crippen molar-refractivity contribution >= 4 is 52.6 Å². The number of benzene rings is 1. The highest BCUT2D eigenvalue weighted by molar-refractivity contribution is 6.44. The molecule has 3 rings (SSSR count). The molecule has 0 aromatic heterocycles. The number of amides is 2. The second-order valence-electron chi connectivity index (χ2n) is 5.86. The van der Waals surface area contributed by atoms with E-state index >= 15 is 0 Å². The molecule has 1 aromatic rings. The Bertz CT molecular complexity index is 796. The summed E-state index contributed by atoms with van der Waals surface area (Å²) in [4.78, 5) is 37.7. The lowest BCUT2D eigenvalue weighted by Gasteiger charge is -2.16. The number of carbonyl (C=O) groups excluding carboxylic acids is 3. The van der Waals surface area contributed by atoms with Crippen LogP contribution in [0.1, 0.15) is 38.2 Å². The summed E-state index contributed by atoms with van der Waals surface area (Å²) in [5, 5.41) is 0.417. The molecule has 1 heterocycles. The molecule has 0 fully saturated rings. The van der Waals surface area contributed by atoms with Crippen LogP contribution in [0.5, 0.6) is 0 Å². The topological polar surface area (TPSA) is 54.5 Å². The van der Waals surface area contributed by atoms with E-state index < -0.39 is 0 Å². The molecule has 1 aromatic carbocycles. The largest absolute Gasteiger partial charge is 0.294 e. The molecule has 0 bridgehead atoms. The van der Waals surface area contributed by atoms with Gasteiger partial charge < -0.3 is 0 Å². The monoisotopic (exact) mass is 363 g/mol. The average Bonchev–Trinajstić information content (AvgIpc) is 2.81. The number of ketones is 1. The fourth-order valence-electron chi connectivity index (χ4n) is 2.99. The molecule has 24 heavy (non-hydrogen) atoms. The lowest BCUT2D eigenvalue weighted by molar-refractivity contribution is -0.120. The van der Waals surface area contributed by atoms with Crippen molar-refractivity contribution in [2.24, 2.45) is 0 Å². The number of allylic oxidation sites excluding steroid dienone is 1. The van der Waals surface area contributed by atoms with Crippen molar-refractivity contribution in [1.29, 1.82) is 0 Å². The zero-order valence-corrected chi connectivity index (χ0v) is 14.6. The van der Waals surface area contributed by atoms with Crippen LogP contribution in [0.4, 0.5) is 5.69 Å². The minimum atomic E-state index is -0.288. The van der Waals surface area contributed by atoms with Crippen molar-refractivity contribution < 1.29 is 14.4 Å². The van der Waals surface area contributed by atoms with E-state index in [0.717, 1.165) is 12.8 Å². The predicted octanol–water partition coefficient (Wildman–Crippen LogP) is 4.25. The second kappa shape index (κ2) is 6.54. The standard InChI is InChI=1S/C18H15Cl2NO3/c1-10(22)16(20)9-11-8-12(6-7-15(11)19)21-17(23)13-4-2-3-5-14(13)18(21)24/h6-9H,2-5H2,1H3/b16-9-. The summed E-state index contributed by atoms with van der Waals surface area (Å²) in [5.74, 6) is -0.808. The van der Waals surface area contributed by atoms with Crippen molar-refractivity contribution in [3.05, 3.63) is 45.0 Å². The van der Waals surface area contributed by atoms with Gasteiger partial charge in [0, 0.05) is 23.1 Å². The molecule has 0 unspecified atom stereocenters. The Kier molecular flexibility index (Phi) is 4.61. The van der Waals surface area contributed by atoms with Gasteiger partial charge in [0.05, 0.1) is 10.7 Å². The van der Waals surface area contributed by atoms with Crippen molar-refractivity contribution in [3.63, 3.8) is 0 Å². The summed E-state index contributed by atoms with van der Waals surface area (Å²) in [7, 11) is 0. The van der Waals surface area contributed by atoms with Crippen LogP contribution in [0.2, 0.25) is 5.02 Å². The lowest BCUT2D eigenvalue weighted by Crippen LogP contribution is -2.31. The Hall–Kier alpha value is -1.91. The molecule has 0 saturated carbocycles. The zero-order chi connectivity index (χ0) is 17.4. The fraction of sp³-hybridized carbons (Fsp3) is 0.278. The molecule has 0 saturated heterocycles. The molecule has 2 amide bonds. The van der Waals surface area contributed by atoms with Crippen molar-refractivity contribution in [2.45, 2.75) is 32.6 Å². The van der Waals surface area contributed by atoms with E-state index in [1.165, 1.54) is 17.9 Å². The summed E-state index contributed by atoms with van der Waals surface area (Å²) in [6, 6.07) is 4.81. The SMILES string of the molecule is CC(=O)/C(Cl)=C/c1cc(N2C(=O)C3=C(CCCC3)C2=O)ccc1Cl. The van der Waals surface area contributed by atoms with Gasteiger partial charge in [-0.25, -0.2) is 4.90 Å². The number of rotatable bonds is 3. The molecule has 4 nitrogen and oxygen atoms in total. The second-order valence-corrected chi connectivity index (χ2v) is 6.68. The van der Waals surface area contributed by atoms with Crippen molar-refractivity contribution in [2.75, 3.05) is 4.90 Å². The molecule has 124 valence electrons. The number of nitrogens with zero attached hydrogens (tertiary/aromatic N) is 1. The van der Waals surface area contributed by atoms with Gasteiger partial charge >= 0.3 is 0 Å². The van der Waals surface area contributed by atoms with Crippen molar-refractivity contribution in [1.82, 2.24) is 0 Å². The number of imide groups is 1. The Labute approximate surface area is 149 Å². The van der Waals surface area contributed by atoms with Crippen LogP contribution in [-0.4, -0.2) is 17.6 Å². The van der Waals surface area contributed by atoms with Crippen molar-refractivity contribution in [3.8, 4) is 0 Å². The Morgan fingerprint density at radius 1 is 1.12 bits per heavy atom. The van der Waals surface area contributed by atoms with E-state index in [4.69, 9.17) is 23.2 Å². The molecular weight excluding hydrogens is 349 g/mol. The Balaban J connectivity index is 2.00. The van der Waals surface area contributed by atoms with E-state index in [1.807, 2.05) is 0 Å². The summed E-state index contributed by atoms with van der Waals surface area (Å²) in [6.07, 6.45) is 4.58. The highest BCUT2D eigenvalue weighted by atomic mass is 35.5. The van der Waals surface area contributed by atoms with Gasteiger partial charge in [-0.05, 0) is 55.5 Å². The molecule has 6 heteroatoms. The van der Waals surface area contributed by atoms with Gasteiger partial charge in [0.25, 0.3) is 11.8 Å². The van der Waals surface area contributed by atoms with Gasteiger partial charge in [-0.3, -0.25) is 14.4 Å². The Morgan fingerprint density at radius 2 is 1.71 bits per heavy atom. The smallest absolute Gasteiger partial charge is 0.261 e. The predicted molar refractivity (Wildman–Crippen MR) is 94.0 cm³/mol. The fourth-order valence-corrected chi connectivity index (χ4v) is 3.28. The maximum atomic E-state index is 12.6. The van der Waals surface area contributed by atoms with Crippen LogP contribution in [-0.2, 0) is 14.4 Å². The minimum absolute atomic E-state index is 0.0329. The Morgan fingerprint density at radius 3 is 2.25 bits per heavy atom. The van der Waals surface area contributed by atoms with E-state index in [1.54, 1.807) is 18.2 Å². The summed E-state index contributed by atoms with van der Waals surface area (Å²) >= 11 is 12.0. The van der Waals surface area contributed by atoms with Crippen LogP contribution in [0, 0.1) is 0 Å². The summed E-state index contributed by atoms with van der Waals surface area (Å²) < 4.78 is 0. The number of anilines is 1. The molecule has 0 atom stereocenters. The van der Waals surface area contributed by atoms with Crippen LogP contribution in [0.25, 0.3) is 6.08 Å². The van der Waals surface area contributed by atoms with E-state index in [-0.39, 0.29) is 22.6 Å². The van der Waals surface area contributed by atoms with E-state index in [0.29, 0.717) is 40.3 Å². The third-order valence-corrected chi connectivity index (χ3v) is 4.97. The van der Waals surface area contributed by atoms with Gasteiger partial charge in [0.1, 0.15) is 0 Å². The minimum Gasteiger partial charge on any atom is -0.294 e. The maximum absolute atomic E-state index is 12.6. The van der Waals surface area contributed by atoms with Crippen LogP contribution < -0.4 is 4.90 Å². The van der Waals surface area contributed by atoms with Gasteiger partial charge in [-0.2, -0.15) is 0 Å². The van der Waals surface area contributed by atoms with E-state index in [2.05, 4.69) is 0 Å². The zero-order valence-electron chi connectivity index (χ0n) is 13.1. The molecule has 0 radical (unpaired) electrons. The highest BCUT2D eigenvalue weighted by Gasteiger charge is 2.39. The molecule has 1 aliphatic heterocycles. The maximum Gasteiger partial charge on any atom is 0.261 e. The first-order valence-corrected chi connectivity index (χ1v) is 8.44.